The Labute approximate surface area is 161 Å². The van der Waals surface area contributed by atoms with Crippen LogP contribution < -0.4 is 10.9 Å². The molecule has 3 N–H and O–H groups in total. The number of carbonyl (C=O) groups is 2. The molecule has 2 aromatic carbocycles. The Hall–Kier alpha value is -4.13. The molecule has 4 rings (SSSR count). The van der Waals surface area contributed by atoms with Crippen LogP contribution in [0, 0.1) is 0 Å². The van der Waals surface area contributed by atoms with Crippen LogP contribution >= 0.6 is 0 Å². The van der Waals surface area contributed by atoms with Crippen molar-refractivity contribution in [3.8, 4) is 16.9 Å². The highest BCUT2D eigenvalue weighted by molar-refractivity contribution is 6.03. The lowest BCUT2D eigenvalue weighted by Gasteiger charge is -2.12. The maximum absolute atomic E-state index is 12.6. The van der Waals surface area contributed by atoms with Crippen LogP contribution in [0.15, 0.2) is 85.3 Å². The Morgan fingerprint density at radius 3 is 2.18 bits per heavy atom. The molecule has 0 aliphatic heterocycles. The first kappa shape index (κ1) is 17.3. The summed E-state index contributed by atoms with van der Waals surface area (Å²) in [7, 11) is 0. The molecule has 28 heavy (non-hydrogen) atoms. The van der Waals surface area contributed by atoms with Gasteiger partial charge in [0.15, 0.2) is 0 Å². The van der Waals surface area contributed by atoms with Crippen LogP contribution in [-0.4, -0.2) is 26.6 Å². The second-order valence-corrected chi connectivity index (χ2v) is 6.04. The molecule has 2 amide bonds. The van der Waals surface area contributed by atoms with E-state index in [1.54, 1.807) is 12.1 Å². The summed E-state index contributed by atoms with van der Waals surface area (Å²) in [5.74, 6) is -0.873. The number of hydrogen-bond acceptors (Lipinski definition) is 3. The minimum atomic E-state index is -0.459. The maximum atomic E-state index is 12.6. The van der Waals surface area contributed by atoms with Crippen LogP contribution in [0.25, 0.3) is 16.9 Å². The average Bonchev–Trinajstić information content (AvgIpc) is 3.44. The number of aromatic amines is 1. The molecule has 2 aromatic heterocycles. The first-order valence-electron chi connectivity index (χ1n) is 8.66. The lowest BCUT2D eigenvalue weighted by Crippen LogP contribution is -2.42. The highest BCUT2D eigenvalue weighted by Gasteiger charge is 2.17. The zero-order valence-electron chi connectivity index (χ0n) is 14.8. The molecule has 138 valence electrons. The summed E-state index contributed by atoms with van der Waals surface area (Å²) < 4.78 is 1.83. The van der Waals surface area contributed by atoms with E-state index in [9.17, 15) is 9.59 Å². The molecular formula is C21H17N5O2. The fourth-order valence-corrected chi connectivity index (χ4v) is 2.92. The SMILES string of the molecule is O=C(NNC(=O)c1cn[nH]c1-c1ccccc1)c1ccccc1-n1cccc1. The molecular weight excluding hydrogens is 354 g/mol. The van der Waals surface area contributed by atoms with E-state index < -0.39 is 11.8 Å². The molecule has 7 heteroatoms. The van der Waals surface area contributed by atoms with E-state index >= 15 is 0 Å². The van der Waals surface area contributed by atoms with Gasteiger partial charge < -0.3 is 4.57 Å². The molecule has 0 atom stereocenters. The van der Waals surface area contributed by atoms with Crippen molar-refractivity contribution in [2.75, 3.05) is 0 Å². The molecule has 0 aliphatic carbocycles. The Balaban J connectivity index is 1.50. The number of benzene rings is 2. The second-order valence-electron chi connectivity index (χ2n) is 6.04. The molecule has 0 bridgehead atoms. The Bertz CT molecular complexity index is 1100. The summed E-state index contributed by atoms with van der Waals surface area (Å²) in [6, 6.07) is 20.3. The molecule has 7 nitrogen and oxygen atoms in total. The number of H-pyrrole nitrogens is 1. The number of hydrogen-bond donors (Lipinski definition) is 3. The molecule has 4 aromatic rings. The zero-order chi connectivity index (χ0) is 19.3. The van der Waals surface area contributed by atoms with Crippen molar-refractivity contribution in [3.63, 3.8) is 0 Å². The van der Waals surface area contributed by atoms with Crippen molar-refractivity contribution < 1.29 is 9.59 Å². The van der Waals surface area contributed by atoms with Gasteiger partial charge in [0.25, 0.3) is 11.8 Å². The summed E-state index contributed by atoms with van der Waals surface area (Å²) in [5, 5.41) is 6.77. The Morgan fingerprint density at radius 2 is 1.43 bits per heavy atom. The van der Waals surface area contributed by atoms with Gasteiger partial charge in [-0.1, -0.05) is 42.5 Å². The van der Waals surface area contributed by atoms with Crippen LogP contribution in [-0.2, 0) is 0 Å². The zero-order valence-corrected chi connectivity index (χ0v) is 14.8. The number of carbonyl (C=O) groups excluding carboxylic acids is 2. The van der Waals surface area contributed by atoms with Gasteiger partial charge in [-0.05, 0) is 24.3 Å². The van der Waals surface area contributed by atoms with Crippen molar-refractivity contribution in [3.05, 3.63) is 96.4 Å². The fraction of sp³-hybridized carbons (Fsp3) is 0. The second kappa shape index (κ2) is 7.63. The van der Waals surface area contributed by atoms with Gasteiger partial charge in [-0.2, -0.15) is 5.10 Å². The lowest BCUT2D eigenvalue weighted by atomic mass is 10.1. The number of nitrogens with zero attached hydrogens (tertiary/aromatic N) is 2. The topological polar surface area (TPSA) is 91.8 Å². The van der Waals surface area contributed by atoms with E-state index in [0.29, 0.717) is 22.5 Å². The summed E-state index contributed by atoms with van der Waals surface area (Å²) in [4.78, 5) is 25.2. The first-order chi connectivity index (χ1) is 13.7. The maximum Gasteiger partial charge on any atom is 0.273 e. The van der Waals surface area contributed by atoms with E-state index in [2.05, 4.69) is 21.0 Å². The van der Waals surface area contributed by atoms with Crippen LogP contribution in [0.3, 0.4) is 0 Å². The van der Waals surface area contributed by atoms with Gasteiger partial charge in [-0.25, -0.2) is 0 Å². The molecule has 0 fully saturated rings. The highest BCUT2D eigenvalue weighted by atomic mass is 16.2. The predicted octanol–water partition coefficient (Wildman–Crippen LogP) is 2.94. The molecule has 0 saturated carbocycles. The van der Waals surface area contributed by atoms with Gasteiger partial charge in [0.05, 0.1) is 28.7 Å². The van der Waals surface area contributed by atoms with Gasteiger partial charge in [-0.15, -0.1) is 0 Å². The first-order valence-corrected chi connectivity index (χ1v) is 8.66. The lowest BCUT2D eigenvalue weighted by molar-refractivity contribution is 0.0847. The van der Waals surface area contributed by atoms with Gasteiger partial charge in [-0.3, -0.25) is 25.5 Å². The number of hydrazine groups is 1. The van der Waals surface area contributed by atoms with Gasteiger partial charge >= 0.3 is 0 Å². The minimum Gasteiger partial charge on any atom is -0.323 e. The van der Waals surface area contributed by atoms with E-state index in [0.717, 1.165) is 5.56 Å². The number of amides is 2. The quantitative estimate of drug-likeness (QED) is 0.482. The summed E-state index contributed by atoms with van der Waals surface area (Å²) in [5.41, 5.74) is 7.84. The highest BCUT2D eigenvalue weighted by Crippen LogP contribution is 2.20. The van der Waals surface area contributed by atoms with E-state index in [-0.39, 0.29) is 0 Å². The Kier molecular flexibility index (Phi) is 4.71. The number of nitrogens with one attached hydrogen (secondary N) is 3. The number of rotatable bonds is 4. The molecule has 0 spiro atoms. The van der Waals surface area contributed by atoms with Gasteiger partial charge in [0, 0.05) is 18.0 Å². The van der Waals surface area contributed by atoms with Crippen LogP contribution in [0.5, 0.6) is 0 Å². The van der Waals surface area contributed by atoms with Crippen molar-refractivity contribution in [1.82, 2.24) is 25.6 Å². The van der Waals surface area contributed by atoms with Gasteiger partial charge in [0.2, 0.25) is 0 Å². The minimum absolute atomic E-state index is 0.338. The fourth-order valence-electron chi connectivity index (χ4n) is 2.92. The van der Waals surface area contributed by atoms with Gasteiger partial charge in [0.1, 0.15) is 0 Å². The normalized spacial score (nSPS) is 10.4. The number of aromatic nitrogens is 3. The molecule has 0 aliphatic rings. The van der Waals surface area contributed by atoms with Crippen LogP contribution in [0.2, 0.25) is 0 Å². The van der Waals surface area contributed by atoms with Crippen molar-refractivity contribution in [1.29, 1.82) is 0 Å². The third-order valence-corrected chi connectivity index (χ3v) is 4.27. The third kappa shape index (κ3) is 3.41. The van der Waals surface area contributed by atoms with E-state index in [4.69, 9.17) is 0 Å². The molecule has 2 heterocycles. The smallest absolute Gasteiger partial charge is 0.273 e. The van der Waals surface area contributed by atoms with E-state index in [1.807, 2.05) is 71.6 Å². The molecule has 0 unspecified atom stereocenters. The largest absolute Gasteiger partial charge is 0.323 e. The Morgan fingerprint density at radius 1 is 0.786 bits per heavy atom. The summed E-state index contributed by atoms with van der Waals surface area (Å²) in [6.07, 6.45) is 5.13. The third-order valence-electron chi connectivity index (χ3n) is 4.27. The standard InChI is InChI=1S/C21H17N5O2/c27-20(16-10-4-5-11-18(16)26-12-6-7-13-26)24-25-21(28)17-14-22-23-19(17)15-8-2-1-3-9-15/h1-14H,(H,22,23)(H,24,27)(H,25,28). The van der Waals surface area contributed by atoms with Crippen LogP contribution in [0.4, 0.5) is 0 Å². The van der Waals surface area contributed by atoms with Crippen molar-refractivity contribution in [2.24, 2.45) is 0 Å². The summed E-state index contributed by atoms with van der Waals surface area (Å²) >= 11 is 0. The summed E-state index contributed by atoms with van der Waals surface area (Å²) in [6.45, 7) is 0. The van der Waals surface area contributed by atoms with E-state index in [1.165, 1.54) is 6.20 Å². The molecule has 0 radical (unpaired) electrons. The average molecular weight is 371 g/mol. The molecule has 0 saturated heterocycles. The predicted molar refractivity (Wildman–Crippen MR) is 105 cm³/mol. The monoisotopic (exact) mass is 371 g/mol. The van der Waals surface area contributed by atoms with Crippen LogP contribution in [0.1, 0.15) is 20.7 Å². The van der Waals surface area contributed by atoms with Crippen molar-refractivity contribution >= 4 is 11.8 Å². The number of para-hydroxylation sites is 1. The van der Waals surface area contributed by atoms with Crippen molar-refractivity contribution in [2.45, 2.75) is 0 Å².